The molecule has 0 spiro atoms. The summed E-state index contributed by atoms with van der Waals surface area (Å²) in [7, 11) is 0. The number of hydrogen-bond donors (Lipinski definition) is 0. The summed E-state index contributed by atoms with van der Waals surface area (Å²) in [4.78, 5) is 12.2. The maximum absolute atomic E-state index is 13.0. The summed E-state index contributed by atoms with van der Waals surface area (Å²) in [6, 6.07) is 15.4. The van der Waals surface area contributed by atoms with Crippen molar-refractivity contribution in [3.8, 4) is 22.3 Å². The predicted molar refractivity (Wildman–Crippen MR) is 85.3 cm³/mol. The zero-order valence-electron chi connectivity index (χ0n) is 12.4. The van der Waals surface area contributed by atoms with Crippen LogP contribution in [0.15, 0.2) is 63.8 Å². The molecule has 3 rings (SSSR count). The van der Waals surface area contributed by atoms with Crippen molar-refractivity contribution in [2.75, 3.05) is 0 Å². The van der Waals surface area contributed by atoms with Gasteiger partial charge in [0.05, 0.1) is 5.56 Å². The Bertz CT molecular complexity index is 859. The molecule has 0 fully saturated rings. The standard InChI is InChI=1S/C19H15FO2/c1-12-11-18(21)19(13(2)22-12)16-5-3-14(4-6-16)15-7-9-17(20)10-8-15/h3-11H,1-2H3. The van der Waals surface area contributed by atoms with Crippen LogP contribution in [0.1, 0.15) is 11.5 Å². The van der Waals surface area contributed by atoms with E-state index in [2.05, 4.69) is 0 Å². The molecule has 2 nitrogen and oxygen atoms in total. The highest BCUT2D eigenvalue weighted by Gasteiger charge is 2.10. The fraction of sp³-hybridized carbons (Fsp3) is 0.105. The number of hydrogen-bond acceptors (Lipinski definition) is 2. The Morgan fingerprint density at radius 3 is 1.86 bits per heavy atom. The zero-order valence-corrected chi connectivity index (χ0v) is 12.4. The molecule has 0 atom stereocenters. The van der Waals surface area contributed by atoms with E-state index in [1.54, 1.807) is 26.0 Å². The smallest absolute Gasteiger partial charge is 0.193 e. The van der Waals surface area contributed by atoms with Crippen LogP contribution in [0.3, 0.4) is 0 Å². The Kier molecular flexibility index (Phi) is 3.63. The minimum Gasteiger partial charge on any atom is -0.466 e. The van der Waals surface area contributed by atoms with Gasteiger partial charge in [-0.05, 0) is 42.7 Å². The highest BCUT2D eigenvalue weighted by molar-refractivity contribution is 5.71. The van der Waals surface area contributed by atoms with Crippen LogP contribution in [0.4, 0.5) is 4.39 Å². The van der Waals surface area contributed by atoms with Crippen molar-refractivity contribution in [2.24, 2.45) is 0 Å². The van der Waals surface area contributed by atoms with Gasteiger partial charge in [0, 0.05) is 6.07 Å². The maximum Gasteiger partial charge on any atom is 0.193 e. The molecule has 22 heavy (non-hydrogen) atoms. The topological polar surface area (TPSA) is 30.2 Å². The van der Waals surface area contributed by atoms with Gasteiger partial charge in [0.2, 0.25) is 0 Å². The summed E-state index contributed by atoms with van der Waals surface area (Å²) in [6.45, 7) is 3.55. The molecule has 3 heteroatoms. The molecular weight excluding hydrogens is 279 g/mol. The van der Waals surface area contributed by atoms with E-state index in [0.717, 1.165) is 16.7 Å². The number of benzene rings is 2. The second kappa shape index (κ2) is 5.60. The second-order valence-electron chi connectivity index (χ2n) is 5.24. The first-order chi connectivity index (χ1) is 10.5. The Balaban J connectivity index is 2.02. The first kappa shape index (κ1) is 14.3. The van der Waals surface area contributed by atoms with Crippen LogP contribution in [0.2, 0.25) is 0 Å². The molecule has 1 heterocycles. The highest BCUT2D eigenvalue weighted by Crippen LogP contribution is 2.25. The van der Waals surface area contributed by atoms with Crippen LogP contribution in [0.25, 0.3) is 22.3 Å². The third-order valence-corrected chi connectivity index (χ3v) is 3.60. The number of aryl methyl sites for hydroxylation is 2. The molecule has 110 valence electrons. The summed E-state index contributed by atoms with van der Waals surface area (Å²) in [5.74, 6) is 0.960. The lowest BCUT2D eigenvalue weighted by atomic mass is 10.00. The Morgan fingerprint density at radius 1 is 0.818 bits per heavy atom. The van der Waals surface area contributed by atoms with Crippen LogP contribution in [0, 0.1) is 19.7 Å². The minimum atomic E-state index is -0.256. The summed E-state index contributed by atoms with van der Waals surface area (Å²) < 4.78 is 18.5. The Morgan fingerprint density at radius 2 is 1.32 bits per heavy atom. The molecule has 0 aliphatic carbocycles. The SMILES string of the molecule is Cc1cc(=O)c(-c2ccc(-c3ccc(F)cc3)cc2)c(C)o1. The third-order valence-electron chi connectivity index (χ3n) is 3.60. The predicted octanol–water partition coefficient (Wildman–Crippen LogP) is 4.73. The van der Waals surface area contributed by atoms with Crippen LogP contribution < -0.4 is 5.43 Å². The quantitative estimate of drug-likeness (QED) is 0.684. The van der Waals surface area contributed by atoms with Gasteiger partial charge in [0.1, 0.15) is 17.3 Å². The third kappa shape index (κ3) is 2.70. The van der Waals surface area contributed by atoms with Gasteiger partial charge >= 0.3 is 0 Å². The van der Waals surface area contributed by atoms with Crippen molar-refractivity contribution in [3.63, 3.8) is 0 Å². The van der Waals surface area contributed by atoms with E-state index in [4.69, 9.17) is 4.42 Å². The summed E-state index contributed by atoms with van der Waals surface area (Å²) in [5.41, 5.74) is 3.25. The van der Waals surface area contributed by atoms with Crippen LogP contribution in [0.5, 0.6) is 0 Å². The average molecular weight is 294 g/mol. The van der Waals surface area contributed by atoms with Crippen LogP contribution >= 0.6 is 0 Å². The zero-order chi connectivity index (χ0) is 15.7. The van der Waals surface area contributed by atoms with Gasteiger partial charge in [-0.25, -0.2) is 4.39 Å². The van der Waals surface area contributed by atoms with E-state index in [0.29, 0.717) is 17.1 Å². The lowest BCUT2D eigenvalue weighted by molar-refractivity contribution is 0.486. The van der Waals surface area contributed by atoms with Crippen molar-refractivity contribution in [1.82, 2.24) is 0 Å². The molecule has 3 aromatic rings. The monoisotopic (exact) mass is 294 g/mol. The summed E-state index contributed by atoms with van der Waals surface area (Å²) >= 11 is 0. The fourth-order valence-corrected chi connectivity index (χ4v) is 2.57. The summed E-state index contributed by atoms with van der Waals surface area (Å²) in [6.07, 6.45) is 0. The van der Waals surface area contributed by atoms with Gasteiger partial charge in [-0.1, -0.05) is 36.4 Å². The molecule has 0 saturated heterocycles. The Labute approximate surface area is 127 Å². The van der Waals surface area contributed by atoms with E-state index in [1.165, 1.54) is 18.2 Å². The van der Waals surface area contributed by atoms with Gasteiger partial charge in [0.15, 0.2) is 5.43 Å². The maximum atomic E-state index is 13.0. The van der Waals surface area contributed by atoms with E-state index in [1.807, 2.05) is 24.3 Å². The fourth-order valence-electron chi connectivity index (χ4n) is 2.57. The van der Waals surface area contributed by atoms with E-state index in [9.17, 15) is 9.18 Å². The van der Waals surface area contributed by atoms with Crippen LogP contribution in [-0.4, -0.2) is 0 Å². The molecule has 0 unspecified atom stereocenters. The summed E-state index contributed by atoms with van der Waals surface area (Å²) in [5, 5.41) is 0. The van der Waals surface area contributed by atoms with Gasteiger partial charge < -0.3 is 4.42 Å². The number of halogens is 1. The molecule has 0 aliphatic rings. The van der Waals surface area contributed by atoms with Crippen molar-refractivity contribution in [1.29, 1.82) is 0 Å². The molecule has 0 radical (unpaired) electrons. The lowest BCUT2D eigenvalue weighted by Crippen LogP contribution is -2.06. The van der Waals surface area contributed by atoms with Gasteiger partial charge in [-0.15, -0.1) is 0 Å². The largest absolute Gasteiger partial charge is 0.466 e. The molecule has 0 aliphatic heterocycles. The molecule has 1 aromatic heterocycles. The normalized spacial score (nSPS) is 10.7. The van der Waals surface area contributed by atoms with Crippen LogP contribution in [-0.2, 0) is 0 Å². The van der Waals surface area contributed by atoms with E-state index in [-0.39, 0.29) is 11.2 Å². The number of rotatable bonds is 2. The first-order valence-electron chi connectivity index (χ1n) is 7.02. The van der Waals surface area contributed by atoms with Crippen molar-refractivity contribution in [3.05, 3.63) is 82.2 Å². The van der Waals surface area contributed by atoms with E-state index >= 15 is 0 Å². The van der Waals surface area contributed by atoms with Gasteiger partial charge in [-0.3, -0.25) is 4.79 Å². The molecule has 2 aromatic carbocycles. The minimum absolute atomic E-state index is 0.0456. The van der Waals surface area contributed by atoms with Gasteiger partial charge in [0.25, 0.3) is 0 Å². The molecule has 0 N–H and O–H groups in total. The molecular formula is C19H15FO2. The molecule has 0 amide bonds. The lowest BCUT2D eigenvalue weighted by Gasteiger charge is -2.07. The second-order valence-corrected chi connectivity index (χ2v) is 5.24. The average Bonchev–Trinajstić information content (AvgIpc) is 2.48. The van der Waals surface area contributed by atoms with Crippen molar-refractivity contribution >= 4 is 0 Å². The molecule has 0 saturated carbocycles. The van der Waals surface area contributed by atoms with Crippen molar-refractivity contribution in [2.45, 2.75) is 13.8 Å². The Hall–Kier alpha value is -2.68. The van der Waals surface area contributed by atoms with Gasteiger partial charge in [-0.2, -0.15) is 0 Å². The van der Waals surface area contributed by atoms with Crippen molar-refractivity contribution < 1.29 is 8.81 Å². The first-order valence-corrected chi connectivity index (χ1v) is 7.02. The molecule has 0 bridgehead atoms. The van der Waals surface area contributed by atoms with E-state index < -0.39 is 0 Å². The highest BCUT2D eigenvalue weighted by atomic mass is 19.1.